The lowest BCUT2D eigenvalue weighted by Gasteiger charge is -2.01. The molecule has 0 aliphatic heterocycles. The minimum absolute atomic E-state index is 0.711. The second-order valence-corrected chi connectivity index (χ2v) is 4.29. The molecule has 1 aromatic heterocycles. The van der Waals surface area contributed by atoms with E-state index in [0.717, 1.165) is 17.1 Å². The summed E-state index contributed by atoms with van der Waals surface area (Å²) >= 11 is 0. The topological polar surface area (TPSA) is 38.7 Å². The van der Waals surface area contributed by atoms with Crippen LogP contribution in [0.15, 0.2) is 66.9 Å². The van der Waals surface area contributed by atoms with E-state index in [1.165, 1.54) is 5.56 Å². The second kappa shape index (κ2) is 5.40. The van der Waals surface area contributed by atoms with E-state index in [9.17, 15) is 0 Å². The zero-order valence-corrected chi connectivity index (χ0v) is 10.4. The van der Waals surface area contributed by atoms with Crippen LogP contribution in [0, 0.1) is 0 Å². The molecule has 0 radical (unpaired) electrons. The lowest BCUT2D eigenvalue weighted by atomic mass is 10.1. The Kier molecular flexibility index (Phi) is 3.28. The highest BCUT2D eigenvalue weighted by atomic mass is 15.1. The molecule has 0 saturated heterocycles. The van der Waals surface area contributed by atoms with Gasteiger partial charge in [-0.15, -0.1) is 10.2 Å². The SMILES string of the molecule is c1ccc(Cc2ncc(-c3ccccc3)nn2)cc1. The van der Waals surface area contributed by atoms with Gasteiger partial charge >= 0.3 is 0 Å². The summed E-state index contributed by atoms with van der Waals surface area (Å²) in [5.41, 5.74) is 3.03. The Labute approximate surface area is 112 Å². The number of rotatable bonds is 3. The Balaban J connectivity index is 1.80. The van der Waals surface area contributed by atoms with E-state index in [-0.39, 0.29) is 0 Å². The van der Waals surface area contributed by atoms with Gasteiger partial charge in [-0.1, -0.05) is 60.7 Å². The Morgan fingerprint density at radius 3 is 2.05 bits per heavy atom. The number of aromatic nitrogens is 3. The Hall–Kier alpha value is -2.55. The maximum atomic E-state index is 4.38. The summed E-state index contributed by atoms with van der Waals surface area (Å²) in [7, 11) is 0. The number of nitrogens with zero attached hydrogens (tertiary/aromatic N) is 3. The summed E-state index contributed by atoms with van der Waals surface area (Å²) < 4.78 is 0. The molecule has 3 nitrogen and oxygen atoms in total. The monoisotopic (exact) mass is 247 g/mol. The van der Waals surface area contributed by atoms with Crippen molar-refractivity contribution in [2.75, 3.05) is 0 Å². The minimum atomic E-state index is 0.711. The van der Waals surface area contributed by atoms with Crippen LogP contribution in [-0.4, -0.2) is 15.2 Å². The second-order valence-electron chi connectivity index (χ2n) is 4.29. The van der Waals surface area contributed by atoms with Gasteiger partial charge < -0.3 is 0 Å². The first-order chi connectivity index (χ1) is 9.42. The van der Waals surface area contributed by atoms with Gasteiger partial charge in [-0.3, -0.25) is 0 Å². The molecule has 19 heavy (non-hydrogen) atoms. The molecule has 0 fully saturated rings. The summed E-state index contributed by atoms with van der Waals surface area (Å²) in [5, 5.41) is 8.42. The van der Waals surface area contributed by atoms with Crippen molar-refractivity contribution >= 4 is 0 Å². The molecule has 0 unspecified atom stereocenters. The first kappa shape index (κ1) is 11.5. The highest BCUT2D eigenvalue weighted by Crippen LogP contribution is 2.14. The lowest BCUT2D eigenvalue weighted by Crippen LogP contribution is -1.99. The molecule has 0 bridgehead atoms. The van der Waals surface area contributed by atoms with Crippen LogP contribution in [0.2, 0.25) is 0 Å². The van der Waals surface area contributed by atoms with Crippen LogP contribution in [0.4, 0.5) is 0 Å². The fraction of sp³-hybridized carbons (Fsp3) is 0.0625. The Morgan fingerprint density at radius 1 is 0.737 bits per heavy atom. The van der Waals surface area contributed by atoms with E-state index in [1.807, 2.05) is 48.5 Å². The smallest absolute Gasteiger partial charge is 0.155 e. The molecule has 3 rings (SSSR count). The summed E-state index contributed by atoms with van der Waals surface area (Å²) in [6.07, 6.45) is 2.49. The van der Waals surface area contributed by atoms with E-state index in [4.69, 9.17) is 0 Å². The van der Waals surface area contributed by atoms with Gasteiger partial charge in [0.05, 0.1) is 6.20 Å². The molecule has 3 heteroatoms. The van der Waals surface area contributed by atoms with Crippen LogP contribution in [-0.2, 0) is 6.42 Å². The standard InChI is InChI=1S/C16H13N3/c1-3-7-13(8-4-1)11-16-17-12-15(18-19-16)14-9-5-2-6-10-14/h1-10,12H,11H2. The van der Waals surface area contributed by atoms with Gasteiger partial charge in [0, 0.05) is 12.0 Å². The maximum Gasteiger partial charge on any atom is 0.155 e. The first-order valence-electron chi connectivity index (χ1n) is 6.20. The summed E-state index contributed by atoms with van der Waals surface area (Å²) in [6.45, 7) is 0. The van der Waals surface area contributed by atoms with Crippen molar-refractivity contribution in [3.05, 3.63) is 78.2 Å². The van der Waals surface area contributed by atoms with Gasteiger partial charge in [-0.05, 0) is 5.56 Å². The van der Waals surface area contributed by atoms with Crippen LogP contribution in [0.1, 0.15) is 11.4 Å². The molecule has 0 aliphatic carbocycles. The molecule has 0 N–H and O–H groups in total. The predicted octanol–water partition coefficient (Wildman–Crippen LogP) is 3.13. The molecule has 0 atom stereocenters. The molecule has 0 amide bonds. The average molecular weight is 247 g/mol. The highest BCUT2D eigenvalue weighted by Gasteiger charge is 2.02. The van der Waals surface area contributed by atoms with Crippen molar-refractivity contribution in [1.82, 2.24) is 15.2 Å². The maximum absolute atomic E-state index is 4.38. The van der Waals surface area contributed by atoms with Gasteiger partial charge in [0.25, 0.3) is 0 Å². The molecular weight excluding hydrogens is 234 g/mol. The Morgan fingerprint density at radius 2 is 1.42 bits per heavy atom. The molecule has 1 heterocycles. The lowest BCUT2D eigenvalue weighted by molar-refractivity contribution is 0.869. The van der Waals surface area contributed by atoms with Crippen molar-refractivity contribution in [2.45, 2.75) is 6.42 Å². The van der Waals surface area contributed by atoms with E-state index in [2.05, 4.69) is 27.3 Å². The van der Waals surface area contributed by atoms with Crippen molar-refractivity contribution in [3.63, 3.8) is 0 Å². The van der Waals surface area contributed by atoms with Gasteiger partial charge in [-0.2, -0.15) is 0 Å². The zero-order chi connectivity index (χ0) is 12.9. The zero-order valence-electron chi connectivity index (χ0n) is 10.4. The first-order valence-corrected chi connectivity index (χ1v) is 6.20. The molecule has 0 aliphatic rings. The normalized spacial score (nSPS) is 10.3. The Bertz CT molecular complexity index is 634. The molecular formula is C16H13N3. The van der Waals surface area contributed by atoms with Gasteiger partial charge in [-0.25, -0.2) is 4.98 Å². The third-order valence-electron chi connectivity index (χ3n) is 2.88. The summed E-state index contributed by atoms with van der Waals surface area (Å²) in [5.74, 6) is 0.742. The van der Waals surface area contributed by atoms with Crippen molar-refractivity contribution < 1.29 is 0 Å². The third kappa shape index (κ3) is 2.83. The summed E-state index contributed by atoms with van der Waals surface area (Å²) in [6, 6.07) is 20.1. The molecule has 3 aromatic rings. The highest BCUT2D eigenvalue weighted by molar-refractivity contribution is 5.56. The average Bonchev–Trinajstić information content (AvgIpc) is 2.50. The van der Waals surface area contributed by atoms with E-state index < -0.39 is 0 Å². The largest absolute Gasteiger partial charge is 0.237 e. The van der Waals surface area contributed by atoms with Crippen LogP contribution in [0.25, 0.3) is 11.3 Å². The fourth-order valence-corrected chi connectivity index (χ4v) is 1.90. The molecule has 0 spiro atoms. The minimum Gasteiger partial charge on any atom is -0.237 e. The van der Waals surface area contributed by atoms with E-state index >= 15 is 0 Å². The van der Waals surface area contributed by atoms with Crippen molar-refractivity contribution in [3.8, 4) is 11.3 Å². The van der Waals surface area contributed by atoms with Crippen LogP contribution in [0.3, 0.4) is 0 Å². The van der Waals surface area contributed by atoms with Gasteiger partial charge in [0.15, 0.2) is 5.82 Å². The summed E-state index contributed by atoms with van der Waals surface area (Å²) in [4.78, 5) is 4.38. The van der Waals surface area contributed by atoms with Crippen LogP contribution < -0.4 is 0 Å². The molecule has 92 valence electrons. The van der Waals surface area contributed by atoms with Crippen LogP contribution in [0.5, 0.6) is 0 Å². The van der Waals surface area contributed by atoms with Crippen molar-refractivity contribution in [1.29, 1.82) is 0 Å². The number of hydrogen-bond donors (Lipinski definition) is 0. The predicted molar refractivity (Wildman–Crippen MR) is 74.5 cm³/mol. The van der Waals surface area contributed by atoms with Gasteiger partial charge in [0.1, 0.15) is 5.69 Å². The van der Waals surface area contributed by atoms with Gasteiger partial charge in [0.2, 0.25) is 0 Å². The number of hydrogen-bond acceptors (Lipinski definition) is 3. The molecule has 0 saturated carbocycles. The fourth-order valence-electron chi connectivity index (χ4n) is 1.90. The van der Waals surface area contributed by atoms with E-state index in [1.54, 1.807) is 6.20 Å². The quantitative estimate of drug-likeness (QED) is 0.713. The number of benzene rings is 2. The van der Waals surface area contributed by atoms with Crippen molar-refractivity contribution in [2.24, 2.45) is 0 Å². The molecule has 2 aromatic carbocycles. The van der Waals surface area contributed by atoms with E-state index in [0.29, 0.717) is 6.42 Å². The third-order valence-corrected chi connectivity index (χ3v) is 2.88. The van der Waals surface area contributed by atoms with Crippen LogP contribution >= 0.6 is 0 Å².